The highest BCUT2D eigenvalue weighted by molar-refractivity contribution is 6.02. The normalized spacial score (nSPS) is 11.8. The molecule has 4 nitrogen and oxygen atoms in total. The maximum absolute atomic E-state index is 12.2. The van der Waals surface area contributed by atoms with E-state index in [0.29, 0.717) is 0 Å². The van der Waals surface area contributed by atoms with Gasteiger partial charge in [-0.25, -0.2) is 0 Å². The molecular weight excluding hydrogens is 304 g/mol. The van der Waals surface area contributed by atoms with Crippen LogP contribution in [-0.2, 0) is 16.1 Å². The third-order valence-electron chi connectivity index (χ3n) is 4.42. The molecule has 0 aliphatic carbocycles. The van der Waals surface area contributed by atoms with Crippen molar-refractivity contribution < 1.29 is 19.7 Å². The first-order valence-corrected chi connectivity index (χ1v) is 7.87. The van der Waals surface area contributed by atoms with Crippen molar-refractivity contribution in [3.8, 4) is 0 Å². The molecule has 124 valence electrons. The Bertz CT molecular complexity index is 827. The van der Waals surface area contributed by atoms with Crippen molar-refractivity contribution in [3.05, 3.63) is 60.2 Å². The van der Waals surface area contributed by atoms with Crippen LogP contribution in [0.25, 0.3) is 21.5 Å². The van der Waals surface area contributed by atoms with Gasteiger partial charge in [-0.05, 0) is 34.5 Å². The van der Waals surface area contributed by atoms with Crippen LogP contribution in [0.1, 0.15) is 12.5 Å². The van der Waals surface area contributed by atoms with Crippen LogP contribution in [-0.4, -0.2) is 29.4 Å². The molecular formula is C20H20O4. The second-order valence-electron chi connectivity index (χ2n) is 6.25. The molecule has 0 atom stereocenters. The summed E-state index contributed by atoms with van der Waals surface area (Å²) < 4.78 is 5.43. The number of hydrogen-bond acceptors (Lipinski definition) is 4. The number of hydrogen-bond donors (Lipinski definition) is 2. The molecule has 0 saturated heterocycles. The summed E-state index contributed by atoms with van der Waals surface area (Å²) in [5, 5.41) is 22.9. The van der Waals surface area contributed by atoms with Gasteiger partial charge in [-0.15, -0.1) is 0 Å². The smallest absolute Gasteiger partial charge is 0.316 e. The van der Waals surface area contributed by atoms with E-state index in [-0.39, 0.29) is 6.61 Å². The van der Waals surface area contributed by atoms with Gasteiger partial charge in [-0.2, -0.15) is 0 Å². The number of fused-ring (bicyclic) bond motifs is 2. The first kappa shape index (κ1) is 16.4. The summed E-state index contributed by atoms with van der Waals surface area (Å²) in [6, 6.07) is 18.0. The molecule has 3 rings (SSSR count). The number of carbonyl (C=O) groups excluding carboxylic acids is 1. The fourth-order valence-electron chi connectivity index (χ4n) is 2.75. The molecule has 0 saturated carbocycles. The van der Waals surface area contributed by atoms with Crippen molar-refractivity contribution in [2.45, 2.75) is 13.5 Å². The number of rotatable bonds is 5. The van der Waals surface area contributed by atoms with Gasteiger partial charge in [-0.3, -0.25) is 4.79 Å². The summed E-state index contributed by atoms with van der Waals surface area (Å²) in [6.45, 7) is 0.657. The largest absolute Gasteiger partial charge is 0.460 e. The third kappa shape index (κ3) is 2.86. The van der Waals surface area contributed by atoms with E-state index in [9.17, 15) is 15.0 Å². The number of esters is 1. The molecule has 0 bridgehead atoms. The average molecular weight is 324 g/mol. The van der Waals surface area contributed by atoms with Gasteiger partial charge in [0, 0.05) is 5.56 Å². The van der Waals surface area contributed by atoms with Gasteiger partial charge in [0.2, 0.25) is 0 Å². The molecule has 24 heavy (non-hydrogen) atoms. The van der Waals surface area contributed by atoms with E-state index in [0.717, 1.165) is 27.1 Å². The Morgan fingerprint density at radius 2 is 1.46 bits per heavy atom. The van der Waals surface area contributed by atoms with E-state index in [4.69, 9.17) is 4.74 Å². The molecule has 0 aliphatic rings. The van der Waals surface area contributed by atoms with Gasteiger partial charge < -0.3 is 14.9 Å². The Morgan fingerprint density at radius 3 is 1.96 bits per heavy atom. The highest BCUT2D eigenvalue weighted by atomic mass is 16.5. The van der Waals surface area contributed by atoms with E-state index in [1.165, 1.54) is 6.92 Å². The van der Waals surface area contributed by atoms with E-state index >= 15 is 0 Å². The zero-order chi connectivity index (χ0) is 17.2. The molecule has 0 heterocycles. The van der Waals surface area contributed by atoms with Crippen LogP contribution >= 0.6 is 0 Å². The van der Waals surface area contributed by atoms with Gasteiger partial charge in [0.25, 0.3) is 0 Å². The first-order chi connectivity index (χ1) is 11.6. The van der Waals surface area contributed by atoms with Crippen LogP contribution in [0.5, 0.6) is 0 Å². The molecule has 3 aromatic rings. The summed E-state index contributed by atoms with van der Waals surface area (Å²) in [6.07, 6.45) is 0. The van der Waals surface area contributed by atoms with Gasteiger partial charge in [-0.1, -0.05) is 48.5 Å². The molecule has 0 amide bonds. The van der Waals surface area contributed by atoms with Crippen LogP contribution in [0.4, 0.5) is 0 Å². The fourth-order valence-corrected chi connectivity index (χ4v) is 2.75. The molecule has 0 aliphatic heterocycles. The van der Waals surface area contributed by atoms with Crippen LogP contribution in [0.3, 0.4) is 0 Å². The highest BCUT2D eigenvalue weighted by Gasteiger charge is 2.33. The second kappa shape index (κ2) is 6.59. The molecule has 0 aromatic heterocycles. The maximum Gasteiger partial charge on any atom is 0.316 e. The number of aliphatic hydroxyl groups excluding tert-OH is 2. The predicted molar refractivity (Wildman–Crippen MR) is 93.5 cm³/mol. The van der Waals surface area contributed by atoms with Crippen molar-refractivity contribution in [2.24, 2.45) is 5.41 Å². The van der Waals surface area contributed by atoms with Gasteiger partial charge in [0.1, 0.15) is 12.0 Å². The maximum atomic E-state index is 12.2. The Balaban J connectivity index is 2.02. The number of benzene rings is 3. The molecule has 0 unspecified atom stereocenters. The summed E-state index contributed by atoms with van der Waals surface area (Å²) in [7, 11) is 0. The van der Waals surface area contributed by atoms with Gasteiger partial charge in [0.15, 0.2) is 0 Å². The lowest BCUT2D eigenvalue weighted by Crippen LogP contribution is -2.36. The lowest BCUT2D eigenvalue weighted by atomic mass is 9.93. The SMILES string of the molecule is CC(CO)(CO)C(=O)OCc1c2ccccc2cc2ccccc12. The summed E-state index contributed by atoms with van der Waals surface area (Å²) >= 11 is 0. The molecule has 0 fully saturated rings. The van der Waals surface area contributed by atoms with Crippen LogP contribution in [0.2, 0.25) is 0 Å². The first-order valence-electron chi connectivity index (χ1n) is 7.87. The van der Waals surface area contributed by atoms with Gasteiger partial charge in [0.05, 0.1) is 13.2 Å². The Morgan fingerprint density at radius 1 is 0.958 bits per heavy atom. The number of carbonyl (C=O) groups is 1. The van der Waals surface area contributed by atoms with Crippen LogP contribution in [0.15, 0.2) is 54.6 Å². The molecule has 2 N–H and O–H groups in total. The van der Waals surface area contributed by atoms with Crippen molar-refractivity contribution in [1.82, 2.24) is 0 Å². The summed E-state index contributed by atoms with van der Waals surface area (Å²) in [4.78, 5) is 12.2. The standard InChI is InChI=1S/C20H20O4/c1-20(12-21,13-22)19(23)24-11-18-16-8-4-2-6-14(16)10-15-7-3-5-9-17(15)18/h2-10,21-22H,11-13H2,1H3. The zero-order valence-electron chi connectivity index (χ0n) is 13.5. The lowest BCUT2D eigenvalue weighted by Gasteiger charge is -2.22. The minimum absolute atomic E-state index is 0.0935. The quantitative estimate of drug-likeness (QED) is 0.559. The van der Waals surface area contributed by atoms with Crippen LogP contribution in [0, 0.1) is 5.41 Å². The topological polar surface area (TPSA) is 66.8 Å². The lowest BCUT2D eigenvalue weighted by molar-refractivity contribution is -0.161. The summed E-state index contributed by atoms with van der Waals surface area (Å²) in [5.41, 5.74) is -0.365. The Kier molecular flexibility index (Phi) is 4.51. The zero-order valence-corrected chi connectivity index (χ0v) is 13.5. The van der Waals surface area contributed by atoms with Crippen molar-refractivity contribution in [2.75, 3.05) is 13.2 Å². The second-order valence-corrected chi connectivity index (χ2v) is 6.25. The third-order valence-corrected chi connectivity index (χ3v) is 4.42. The van der Waals surface area contributed by atoms with E-state index in [1.54, 1.807) is 0 Å². The minimum atomic E-state index is -1.29. The fraction of sp³-hybridized carbons (Fsp3) is 0.250. The molecule has 0 spiro atoms. The number of aliphatic hydroxyl groups is 2. The van der Waals surface area contributed by atoms with Crippen molar-refractivity contribution in [1.29, 1.82) is 0 Å². The van der Waals surface area contributed by atoms with Crippen molar-refractivity contribution in [3.63, 3.8) is 0 Å². The van der Waals surface area contributed by atoms with E-state index in [1.807, 2.05) is 48.5 Å². The van der Waals surface area contributed by atoms with Crippen molar-refractivity contribution >= 4 is 27.5 Å². The monoisotopic (exact) mass is 324 g/mol. The Labute approximate surface area is 140 Å². The summed E-state index contributed by atoms with van der Waals surface area (Å²) in [5.74, 6) is -0.607. The average Bonchev–Trinajstić information content (AvgIpc) is 2.64. The van der Waals surface area contributed by atoms with E-state index < -0.39 is 24.6 Å². The van der Waals surface area contributed by atoms with Gasteiger partial charge >= 0.3 is 5.97 Å². The predicted octanol–water partition coefficient (Wildman–Crippen LogP) is 3.03. The highest BCUT2D eigenvalue weighted by Crippen LogP contribution is 2.29. The number of ether oxygens (including phenoxy) is 1. The molecule has 4 heteroatoms. The van der Waals surface area contributed by atoms with E-state index in [2.05, 4.69) is 6.07 Å². The Hall–Kier alpha value is -2.43. The molecule has 3 aromatic carbocycles. The molecule has 0 radical (unpaired) electrons. The van der Waals surface area contributed by atoms with Crippen LogP contribution < -0.4 is 0 Å². The minimum Gasteiger partial charge on any atom is -0.460 e.